The molecule has 2 aromatic rings. The molecule has 2 rings (SSSR count). The summed E-state index contributed by atoms with van der Waals surface area (Å²) in [5.74, 6) is 1.03. The fourth-order valence-corrected chi connectivity index (χ4v) is 2.34. The maximum atomic E-state index is 12.1. The summed E-state index contributed by atoms with van der Waals surface area (Å²) in [5.41, 5.74) is 2.30. The number of methoxy groups -OCH3 is 1. The Morgan fingerprint density at radius 2 is 1.74 bits per heavy atom. The summed E-state index contributed by atoms with van der Waals surface area (Å²) in [4.78, 5) is 12.1. The van der Waals surface area contributed by atoms with Gasteiger partial charge in [0.2, 0.25) is 0 Å². The Balaban J connectivity index is 1.94. The lowest BCUT2D eigenvalue weighted by atomic mass is 10.0. The van der Waals surface area contributed by atoms with E-state index in [0.717, 1.165) is 12.0 Å². The van der Waals surface area contributed by atoms with Crippen LogP contribution in [-0.4, -0.2) is 19.6 Å². The second-order valence-corrected chi connectivity index (χ2v) is 5.38. The third-order valence-electron chi connectivity index (χ3n) is 3.65. The molecule has 1 atom stereocenters. The molecule has 0 saturated heterocycles. The highest BCUT2D eigenvalue weighted by atomic mass is 16.5. The summed E-state index contributed by atoms with van der Waals surface area (Å²) in [6, 6.07) is 15.5. The van der Waals surface area contributed by atoms with Gasteiger partial charge in [-0.2, -0.15) is 0 Å². The smallest absolute Gasteiger partial charge is 0.258 e. The standard InChI is InChI=1S/C19H23NO3/c1-4-16(15-11-9-14(2)10-12-15)20-19(21)13-23-18-8-6-5-7-17(18)22-3/h5-12,16H,4,13H2,1-3H3,(H,20,21)/t16-/m1/s1. The lowest BCUT2D eigenvalue weighted by Gasteiger charge is -2.18. The number of ether oxygens (including phenoxy) is 2. The van der Waals surface area contributed by atoms with Gasteiger partial charge in [-0.3, -0.25) is 4.79 Å². The van der Waals surface area contributed by atoms with Crippen LogP contribution >= 0.6 is 0 Å². The summed E-state index contributed by atoms with van der Waals surface area (Å²) in [5, 5.41) is 3.01. The number of carbonyl (C=O) groups is 1. The van der Waals surface area contributed by atoms with Crippen molar-refractivity contribution >= 4 is 5.91 Å². The van der Waals surface area contributed by atoms with Crippen molar-refractivity contribution in [3.05, 3.63) is 59.7 Å². The quantitative estimate of drug-likeness (QED) is 0.849. The molecule has 0 heterocycles. The van der Waals surface area contributed by atoms with E-state index in [-0.39, 0.29) is 18.6 Å². The largest absolute Gasteiger partial charge is 0.493 e. The first-order chi connectivity index (χ1) is 11.1. The Morgan fingerprint density at radius 3 is 2.35 bits per heavy atom. The first kappa shape index (κ1) is 16.9. The molecule has 0 saturated carbocycles. The van der Waals surface area contributed by atoms with Crippen LogP contribution in [0.2, 0.25) is 0 Å². The number of rotatable bonds is 7. The molecule has 0 aliphatic carbocycles. The zero-order valence-corrected chi connectivity index (χ0v) is 13.8. The van der Waals surface area contributed by atoms with E-state index in [0.29, 0.717) is 11.5 Å². The number of hydrogen-bond acceptors (Lipinski definition) is 3. The normalized spacial score (nSPS) is 11.6. The molecule has 1 N–H and O–H groups in total. The number of amides is 1. The SMILES string of the molecule is CC[C@@H](NC(=O)COc1ccccc1OC)c1ccc(C)cc1. The molecule has 0 aliphatic rings. The van der Waals surface area contributed by atoms with Crippen LogP contribution in [0.1, 0.15) is 30.5 Å². The average molecular weight is 313 g/mol. The van der Waals surface area contributed by atoms with Gasteiger partial charge in [0.25, 0.3) is 5.91 Å². The first-order valence-corrected chi connectivity index (χ1v) is 7.75. The van der Waals surface area contributed by atoms with Gasteiger partial charge in [-0.25, -0.2) is 0 Å². The van der Waals surface area contributed by atoms with E-state index >= 15 is 0 Å². The summed E-state index contributed by atoms with van der Waals surface area (Å²) in [6.07, 6.45) is 0.823. The highest BCUT2D eigenvalue weighted by molar-refractivity contribution is 5.78. The number of para-hydroxylation sites is 2. The van der Waals surface area contributed by atoms with Crippen LogP contribution in [0.5, 0.6) is 11.5 Å². The van der Waals surface area contributed by atoms with E-state index in [1.807, 2.05) is 38.1 Å². The molecule has 4 heteroatoms. The minimum atomic E-state index is -0.150. The van der Waals surface area contributed by atoms with Crippen LogP contribution in [0.4, 0.5) is 0 Å². The Morgan fingerprint density at radius 1 is 1.09 bits per heavy atom. The van der Waals surface area contributed by atoms with Crippen LogP contribution in [0.25, 0.3) is 0 Å². The van der Waals surface area contributed by atoms with Crippen molar-refractivity contribution in [2.45, 2.75) is 26.3 Å². The lowest BCUT2D eigenvalue weighted by Crippen LogP contribution is -2.32. The number of hydrogen-bond donors (Lipinski definition) is 1. The Labute approximate surface area is 137 Å². The summed E-state index contributed by atoms with van der Waals surface area (Å²) in [7, 11) is 1.58. The van der Waals surface area contributed by atoms with Gasteiger partial charge in [0.1, 0.15) is 0 Å². The molecule has 0 fully saturated rings. The third-order valence-corrected chi connectivity index (χ3v) is 3.65. The number of nitrogens with one attached hydrogen (secondary N) is 1. The Kier molecular flexibility index (Phi) is 6.03. The van der Waals surface area contributed by atoms with Gasteiger partial charge in [-0.05, 0) is 31.0 Å². The summed E-state index contributed by atoms with van der Waals surface area (Å²) < 4.78 is 10.8. The maximum absolute atomic E-state index is 12.1. The van der Waals surface area contributed by atoms with E-state index in [9.17, 15) is 4.79 Å². The van der Waals surface area contributed by atoms with Crippen molar-refractivity contribution in [2.75, 3.05) is 13.7 Å². The van der Waals surface area contributed by atoms with Crippen LogP contribution in [-0.2, 0) is 4.79 Å². The van der Waals surface area contributed by atoms with Crippen molar-refractivity contribution < 1.29 is 14.3 Å². The van der Waals surface area contributed by atoms with Crippen molar-refractivity contribution in [2.24, 2.45) is 0 Å². The molecule has 122 valence electrons. The van der Waals surface area contributed by atoms with Crippen LogP contribution in [0, 0.1) is 6.92 Å². The number of benzene rings is 2. The van der Waals surface area contributed by atoms with E-state index < -0.39 is 0 Å². The molecule has 2 aromatic carbocycles. The van der Waals surface area contributed by atoms with E-state index in [2.05, 4.69) is 17.4 Å². The average Bonchev–Trinajstić information content (AvgIpc) is 2.59. The van der Waals surface area contributed by atoms with Gasteiger partial charge in [0.15, 0.2) is 18.1 Å². The molecular formula is C19H23NO3. The fourth-order valence-electron chi connectivity index (χ4n) is 2.34. The summed E-state index contributed by atoms with van der Waals surface area (Å²) >= 11 is 0. The molecule has 0 radical (unpaired) electrons. The van der Waals surface area contributed by atoms with Gasteiger partial charge in [-0.1, -0.05) is 48.9 Å². The lowest BCUT2D eigenvalue weighted by molar-refractivity contribution is -0.123. The minimum Gasteiger partial charge on any atom is -0.493 e. The van der Waals surface area contributed by atoms with E-state index in [1.54, 1.807) is 19.2 Å². The minimum absolute atomic E-state index is 0.00984. The van der Waals surface area contributed by atoms with Crippen molar-refractivity contribution in [1.29, 1.82) is 0 Å². The molecule has 4 nitrogen and oxygen atoms in total. The molecule has 1 amide bonds. The van der Waals surface area contributed by atoms with Crippen molar-refractivity contribution in [3.63, 3.8) is 0 Å². The van der Waals surface area contributed by atoms with Crippen molar-refractivity contribution in [1.82, 2.24) is 5.32 Å². The summed E-state index contributed by atoms with van der Waals surface area (Å²) in [6.45, 7) is 4.05. The maximum Gasteiger partial charge on any atom is 0.258 e. The number of aryl methyl sites for hydroxylation is 1. The van der Waals surface area contributed by atoms with Crippen molar-refractivity contribution in [3.8, 4) is 11.5 Å². The molecule has 0 unspecified atom stereocenters. The fraction of sp³-hybridized carbons (Fsp3) is 0.316. The van der Waals surface area contributed by atoms with Gasteiger partial charge in [0.05, 0.1) is 13.2 Å². The van der Waals surface area contributed by atoms with Gasteiger partial charge in [0, 0.05) is 0 Å². The predicted octanol–water partition coefficient (Wildman–Crippen LogP) is 3.65. The second kappa shape index (κ2) is 8.22. The van der Waals surface area contributed by atoms with Crippen LogP contribution in [0.3, 0.4) is 0 Å². The molecule has 0 spiro atoms. The zero-order valence-electron chi connectivity index (χ0n) is 13.8. The monoisotopic (exact) mass is 313 g/mol. The highest BCUT2D eigenvalue weighted by Gasteiger charge is 2.13. The molecule has 0 bridgehead atoms. The molecule has 23 heavy (non-hydrogen) atoms. The molecule has 0 aromatic heterocycles. The van der Waals surface area contributed by atoms with Gasteiger partial charge >= 0.3 is 0 Å². The van der Waals surface area contributed by atoms with E-state index in [4.69, 9.17) is 9.47 Å². The van der Waals surface area contributed by atoms with Crippen LogP contribution in [0.15, 0.2) is 48.5 Å². The predicted molar refractivity (Wildman–Crippen MR) is 90.8 cm³/mol. The first-order valence-electron chi connectivity index (χ1n) is 7.75. The second-order valence-electron chi connectivity index (χ2n) is 5.38. The van der Waals surface area contributed by atoms with E-state index in [1.165, 1.54) is 5.56 Å². The Hall–Kier alpha value is -2.49. The third kappa shape index (κ3) is 4.74. The topological polar surface area (TPSA) is 47.6 Å². The number of carbonyl (C=O) groups excluding carboxylic acids is 1. The highest BCUT2D eigenvalue weighted by Crippen LogP contribution is 2.25. The molecular weight excluding hydrogens is 290 g/mol. The van der Waals surface area contributed by atoms with Gasteiger partial charge in [-0.15, -0.1) is 0 Å². The van der Waals surface area contributed by atoms with Crippen LogP contribution < -0.4 is 14.8 Å². The zero-order chi connectivity index (χ0) is 16.7. The van der Waals surface area contributed by atoms with Gasteiger partial charge < -0.3 is 14.8 Å². The molecule has 0 aliphatic heterocycles. The Bertz CT molecular complexity index is 637.